The Morgan fingerprint density at radius 1 is 1.12 bits per heavy atom. The van der Waals surface area contributed by atoms with Crippen LogP contribution in [0.3, 0.4) is 0 Å². The smallest absolute Gasteiger partial charge is 0.417 e. The molecule has 0 fully saturated rings. The van der Waals surface area contributed by atoms with E-state index >= 15 is 0 Å². The van der Waals surface area contributed by atoms with Crippen LogP contribution < -0.4 is 10.1 Å². The summed E-state index contributed by atoms with van der Waals surface area (Å²) in [6.45, 7) is 2.95. The van der Waals surface area contributed by atoms with Crippen molar-refractivity contribution in [2.75, 3.05) is 13.7 Å². The zero-order chi connectivity index (χ0) is 17.7. The lowest BCUT2D eigenvalue weighted by molar-refractivity contribution is -0.137. The molecule has 2 aromatic rings. The van der Waals surface area contributed by atoms with Gasteiger partial charge in [-0.3, -0.25) is 0 Å². The average molecular weight is 358 g/mol. The van der Waals surface area contributed by atoms with E-state index in [1.807, 2.05) is 31.2 Å². The number of hydrogen-bond donors (Lipinski definition) is 1. The highest BCUT2D eigenvalue weighted by Gasteiger charge is 2.33. The van der Waals surface area contributed by atoms with Crippen molar-refractivity contribution in [3.8, 4) is 5.75 Å². The van der Waals surface area contributed by atoms with E-state index in [2.05, 4.69) is 5.32 Å². The molecule has 0 aliphatic carbocycles. The first-order valence-corrected chi connectivity index (χ1v) is 7.90. The molecule has 0 radical (unpaired) electrons. The summed E-state index contributed by atoms with van der Waals surface area (Å²) in [6.07, 6.45) is -4.44. The van der Waals surface area contributed by atoms with Gasteiger partial charge in [-0.2, -0.15) is 13.2 Å². The Bertz CT molecular complexity index is 671. The third-order valence-electron chi connectivity index (χ3n) is 3.83. The molecule has 1 N–H and O–H groups in total. The number of nitrogens with one attached hydrogen (secondary N) is 1. The van der Waals surface area contributed by atoms with Gasteiger partial charge in [-0.1, -0.05) is 42.8 Å². The molecule has 2 rings (SSSR count). The van der Waals surface area contributed by atoms with Crippen LogP contribution in [0.4, 0.5) is 13.2 Å². The molecule has 0 spiro atoms. The first-order valence-electron chi connectivity index (χ1n) is 7.52. The number of rotatable bonds is 6. The highest BCUT2D eigenvalue weighted by Crippen LogP contribution is 2.36. The lowest BCUT2D eigenvalue weighted by Gasteiger charge is -2.16. The van der Waals surface area contributed by atoms with E-state index in [1.54, 1.807) is 13.2 Å². The average Bonchev–Trinajstić information content (AvgIpc) is 2.55. The zero-order valence-corrected chi connectivity index (χ0v) is 14.2. The van der Waals surface area contributed by atoms with Crippen molar-refractivity contribution in [3.63, 3.8) is 0 Å². The van der Waals surface area contributed by atoms with Crippen molar-refractivity contribution < 1.29 is 17.9 Å². The summed E-state index contributed by atoms with van der Waals surface area (Å²) in [6, 6.07) is 11.7. The summed E-state index contributed by atoms with van der Waals surface area (Å²) in [5.74, 6) is 0.995. The third-order valence-corrected chi connectivity index (χ3v) is 4.28. The van der Waals surface area contributed by atoms with E-state index in [9.17, 15) is 13.2 Å². The SMILES string of the molecule is COc1ccc(C(C)CNCc2cccc(C(F)(F)F)c2Cl)cc1. The van der Waals surface area contributed by atoms with E-state index in [1.165, 1.54) is 6.07 Å². The van der Waals surface area contributed by atoms with Gasteiger partial charge >= 0.3 is 6.18 Å². The lowest BCUT2D eigenvalue weighted by atomic mass is 10.0. The number of halogens is 4. The fourth-order valence-corrected chi connectivity index (χ4v) is 2.71. The predicted molar refractivity (Wildman–Crippen MR) is 89.6 cm³/mol. The van der Waals surface area contributed by atoms with Crippen LogP contribution in [0.2, 0.25) is 5.02 Å². The van der Waals surface area contributed by atoms with Gasteiger partial charge in [0.05, 0.1) is 17.7 Å². The maximum absolute atomic E-state index is 12.8. The molecule has 0 bridgehead atoms. The summed E-state index contributed by atoms with van der Waals surface area (Å²) in [4.78, 5) is 0. The summed E-state index contributed by atoms with van der Waals surface area (Å²) < 4.78 is 43.7. The minimum atomic E-state index is -4.44. The maximum Gasteiger partial charge on any atom is 0.417 e. The van der Waals surface area contributed by atoms with E-state index in [-0.39, 0.29) is 17.5 Å². The second-order valence-corrected chi connectivity index (χ2v) is 5.96. The van der Waals surface area contributed by atoms with E-state index < -0.39 is 11.7 Å². The molecular weight excluding hydrogens is 339 g/mol. The minimum Gasteiger partial charge on any atom is -0.497 e. The Labute approximate surface area is 144 Å². The van der Waals surface area contributed by atoms with Crippen LogP contribution in [-0.4, -0.2) is 13.7 Å². The first kappa shape index (κ1) is 18.6. The normalized spacial score (nSPS) is 12.9. The summed E-state index contributed by atoms with van der Waals surface area (Å²) in [5, 5.41) is 2.92. The molecule has 0 saturated carbocycles. The van der Waals surface area contributed by atoms with Crippen LogP contribution in [0.1, 0.15) is 29.5 Å². The molecule has 1 unspecified atom stereocenters. The van der Waals surface area contributed by atoms with Crippen molar-refractivity contribution in [1.82, 2.24) is 5.32 Å². The molecule has 0 aliphatic rings. The van der Waals surface area contributed by atoms with Gasteiger partial charge in [0, 0.05) is 13.1 Å². The second kappa shape index (κ2) is 7.90. The topological polar surface area (TPSA) is 21.3 Å². The molecule has 0 saturated heterocycles. The van der Waals surface area contributed by atoms with Gasteiger partial charge in [-0.15, -0.1) is 0 Å². The zero-order valence-electron chi connectivity index (χ0n) is 13.5. The van der Waals surface area contributed by atoms with Gasteiger partial charge < -0.3 is 10.1 Å². The van der Waals surface area contributed by atoms with Gasteiger partial charge in [0.25, 0.3) is 0 Å². The van der Waals surface area contributed by atoms with Gasteiger partial charge in [0.2, 0.25) is 0 Å². The van der Waals surface area contributed by atoms with Crippen LogP contribution in [-0.2, 0) is 12.7 Å². The Morgan fingerprint density at radius 2 is 1.79 bits per heavy atom. The summed E-state index contributed by atoms with van der Waals surface area (Å²) >= 11 is 5.89. The molecule has 2 nitrogen and oxygen atoms in total. The van der Waals surface area contributed by atoms with Crippen molar-refractivity contribution in [3.05, 3.63) is 64.2 Å². The Balaban J connectivity index is 1.96. The minimum absolute atomic E-state index is 0.209. The molecule has 6 heteroatoms. The number of hydrogen-bond acceptors (Lipinski definition) is 2. The van der Waals surface area contributed by atoms with Gasteiger partial charge in [-0.25, -0.2) is 0 Å². The summed E-state index contributed by atoms with van der Waals surface area (Å²) in [7, 11) is 1.61. The van der Waals surface area contributed by atoms with Crippen molar-refractivity contribution in [1.29, 1.82) is 0 Å². The molecule has 2 aromatic carbocycles. The first-order chi connectivity index (χ1) is 11.3. The van der Waals surface area contributed by atoms with Crippen molar-refractivity contribution >= 4 is 11.6 Å². The number of ether oxygens (including phenoxy) is 1. The largest absolute Gasteiger partial charge is 0.497 e. The van der Waals surface area contributed by atoms with Crippen molar-refractivity contribution in [2.24, 2.45) is 0 Å². The Morgan fingerprint density at radius 3 is 2.38 bits per heavy atom. The van der Waals surface area contributed by atoms with Crippen LogP contribution in [0.15, 0.2) is 42.5 Å². The molecule has 1 atom stereocenters. The van der Waals surface area contributed by atoms with Gasteiger partial charge in [-0.05, 0) is 35.2 Å². The molecular formula is C18H19ClF3NO. The number of benzene rings is 2. The predicted octanol–water partition coefficient (Wildman–Crippen LogP) is 5.26. The molecule has 0 heterocycles. The van der Waals surface area contributed by atoms with Crippen LogP contribution in [0, 0.1) is 0 Å². The van der Waals surface area contributed by atoms with E-state index in [0.29, 0.717) is 12.1 Å². The highest BCUT2D eigenvalue weighted by atomic mass is 35.5. The molecule has 0 aliphatic heterocycles. The van der Waals surface area contributed by atoms with E-state index in [4.69, 9.17) is 16.3 Å². The van der Waals surface area contributed by atoms with E-state index in [0.717, 1.165) is 17.4 Å². The van der Waals surface area contributed by atoms with Gasteiger partial charge in [0.1, 0.15) is 5.75 Å². The number of alkyl halides is 3. The molecule has 130 valence electrons. The molecule has 0 aromatic heterocycles. The maximum atomic E-state index is 12.8. The Kier molecular flexibility index (Phi) is 6.13. The van der Waals surface area contributed by atoms with Crippen LogP contribution >= 0.6 is 11.6 Å². The molecule has 24 heavy (non-hydrogen) atoms. The third kappa shape index (κ3) is 4.65. The Hall–Kier alpha value is -1.72. The highest BCUT2D eigenvalue weighted by molar-refractivity contribution is 6.32. The quantitative estimate of drug-likeness (QED) is 0.761. The van der Waals surface area contributed by atoms with Crippen molar-refractivity contribution in [2.45, 2.75) is 25.6 Å². The fourth-order valence-electron chi connectivity index (χ4n) is 2.41. The standard InChI is InChI=1S/C18H19ClF3NO/c1-12(13-6-8-15(24-2)9-7-13)10-23-11-14-4-3-5-16(17(14)19)18(20,21)22/h3-9,12,23H,10-11H2,1-2H3. The monoisotopic (exact) mass is 357 g/mol. The summed E-state index contributed by atoms with van der Waals surface area (Å²) in [5.41, 5.74) is 0.763. The van der Waals surface area contributed by atoms with Crippen LogP contribution in [0.25, 0.3) is 0 Å². The lowest BCUT2D eigenvalue weighted by Crippen LogP contribution is -2.20. The second-order valence-electron chi connectivity index (χ2n) is 5.58. The van der Waals surface area contributed by atoms with Crippen LogP contribution in [0.5, 0.6) is 5.75 Å². The van der Waals surface area contributed by atoms with Gasteiger partial charge in [0.15, 0.2) is 0 Å². The fraction of sp³-hybridized carbons (Fsp3) is 0.333. The number of methoxy groups -OCH3 is 1. The molecule has 0 amide bonds.